The summed E-state index contributed by atoms with van der Waals surface area (Å²) >= 11 is 0. The zero-order valence-electron chi connectivity index (χ0n) is 15.1. The number of carbonyl (C=O) groups excluding carboxylic acids is 2. The van der Waals surface area contributed by atoms with Crippen LogP contribution in [-0.4, -0.2) is 29.1 Å². The summed E-state index contributed by atoms with van der Waals surface area (Å²) in [7, 11) is 1.92. The third-order valence-corrected chi connectivity index (χ3v) is 4.77. The van der Waals surface area contributed by atoms with Crippen molar-refractivity contribution >= 4 is 34.1 Å². The molecule has 0 radical (unpaired) electrons. The highest BCUT2D eigenvalue weighted by Gasteiger charge is 2.23. The zero-order chi connectivity index (χ0) is 18.8. The number of para-hydroxylation sites is 1. The van der Waals surface area contributed by atoms with E-state index in [1.54, 1.807) is 24.3 Å². The van der Waals surface area contributed by atoms with Crippen LogP contribution in [0.15, 0.2) is 54.7 Å². The van der Waals surface area contributed by atoms with Gasteiger partial charge < -0.3 is 19.9 Å². The molecule has 3 aromatic rings. The van der Waals surface area contributed by atoms with Crippen molar-refractivity contribution in [2.75, 3.05) is 17.2 Å². The molecule has 0 aliphatic carbocycles. The van der Waals surface area contributed by atoms with Gasteiger partial charge >= 0.3 is 0 Å². The van der Waals surface area contributed by atoms with Gasteiger partial charge in [0.1, 0.15) is 6.10 Å². The minimum absolute atomic E-state index is 0.125. The highest BCUT2D eigenvalue weighted by atomic mass is 16.5. The molecule has 1 saturated heterocycles. The van der Waals surface area contributed by atoms with Gasteiger partial charge in [-0.25, -0.2) is 0 Å². The van der Waals surface area contributed by atoms with E-state index in [0.29, 0.717) is 23.5 Å². The van der Waals surface area contributed by atoms with Gasteiger partial charge in [0.15, 0.2) is 0 Å². The van der Waals surface area contributed by atoms with Crippen molar-refractivity contribution in [3.8, 4) is 0 Å². The molecule has 1 atom stereocenters. The Kier molecular flexibility index (Phi) is 4.64. The fourth-order valence-corrected chi connectivity index (χ4v) is 3.37. The number of carbonyl (C=O) groups is 2. The van der Waals surface area contributed by atoms with Gasteiger partial charge in [-0.15, -0.1) is 0 Å². The molecule has 0 saturated carbocycles. The van der Waals surface area contributed by atoms with E-state index < -0.39 is 0 Å². The van der Waals surface area contributed by atoms with Gasteiger partial charge in [-0.2, -0.15) is 0 Å². The molecule has 27 heavy (non-hydrogen) atoms. The number of aromatic nitrogens is 1. The lowest BCUT2D eigenvalue weighted by molar-refractivity contribution is -0.124. The molecule has 2 amide bonds. The number of hydrogen-bond donors (Lipinski definition) is 2. The predicted octanol–water partition coefficient (Wildman–Crippen LogP) is 3.55. The summed E-state index contributed by atoms with van der Waals surface area (Å²) in [6, 6.07) is 14.9. The van der Waals surface area contributed by atoms with Crippen molar-refractivity contribution in [3.63, 3.8) is 0 Å². The number of amides is 2. The van der Waals surface area contributed by atoms with E-state index in [4.69, 9.17) is 4.74 Å². The molecule has 1 aromatic heterocycles. The fourth-order valence-electron chi connectivity index (χ4n) is 3.37. The van der Waals surface area contributed by atoms with E-state index in [2.05, 4.69) is 10.6 Å². The first-order valence-electron chi connectivity index (χ1n) is 9.00. The molecule has 2 heterocycles. The molecular weight excluding hydrogens is 342 g/mol. The highest BCUT2D eigenvalue weighted by Crippen LogP contribution is 2.22. The van der Waals surface area contributed by atoms with Crippen LogP contribution in [0, 0.1) is 0 Å². The lowest BCUT2D eigenvalue weighted by atomic mass is 10.1. The van der Waals surface area contributed by atoms with Crippen molar-refractivity contribution < 1.29 is 14.3 Å². The summed E-state index contributed by atoms with van der Waals surface area (Å²) in [5, 5.41) is 6.67. The van der Waals surface area contributed by atoms with E-state index in [0.717, 1.165) is 23.7 Å². The third kappa shape index (κ3) is 3.57. The van der Waals surface area contributed by atoms with Crippen molar-refractivity contribution in [3.05, 3.63) is 60.3 Å². The molecule has 138 valence electrons. The molecule has 2 N–H and O–H groups in total. The Balaban J connectivity index is 1.44. The largest absolute Gasteiger partial charge is 0.368 e. The highest BCUT2D eigenvalue weighted by molar-refractivity contribution is 6.13. The Morgan fingerprint density at radius 2 is 1.74 bits per heavy atom. The van der Waals surface area contributed by atoms with E-state index >= 15 is 0 Å². The second-order valence-electron chi connectivity index (χ2n) is 6.69. The van der Waals surface area contributed by atoms with E-state index in [1.165, 1.54) is 0 Å². The van der Waals surface area contributed by atoms with Crippen LogP contribution in [-0.2, 0) is 16.6 Å². The average Bonchev–Trinajstić information content (AvgIpc) is 3.32. The normalized spacial score (nSPS) is 16.4. The second kappa shape index (κ2) is 7.25. The van der Waals surface area contributed by atoms with Crippen LogP contribution >= 0.6 is 0 Å². The number of nitrogens with zero attached hydrogens (tertiary/aromatic N) is 1. The summed E-state index contributed by atoms with van der Waals surface area (Å²) in [5.74, 6) is -0.289. The van der Waals surface area contributed by atoms with Crippen molar-refractivity contribution in [1.29, 1.82) is 0 Å². The van der Waals surface area contributed by atoms with Gasteiger partial charge in [0, 0.05) is 42.1 Å². The number of ether oxygens (including phenoxy) is 1. The standard InChI is InChI=1S/C21H21N3O3/c1-24-13-17(16-5-2-3-6-18(16)24)20(25)22-14-8-10-15(11-9-14)23-21(26)19-7-4-12-27-19/h2-3,5-6,8-11,13,19H,4,7,12H2,1H3,(H,22,25)(H,23,26). The summed E-state index contributed by atoms with van der Waals surface area (Å²) in [5.41, 5.74) is 2.99. The van der Waals surface area contributed by atoms with Gasteiger partial charge in [-0.05, 0) is 43.2 Å². The molecular formula is C21H21N3O3. The smallest absolute Gasteiger partial charge is 0.257 e. The van der Waals surface area contributed by atoms with Gasteiger partial charge in [0.05, 0.1) is 5.56 Å². The Morgan fingerprint density at radius 3 is 2.44 bits per heavy atom. The molecule has 6 nitrogen and oxygen atoms in total. The fraction of sp³-hybridized carbons (Fsp3) is 0.238. The number of hydrogen-bond acceptors (Lipinski definition) is 3. The van der Waals surface area contributed by atoms with Crippen LogP contribution < -0.4 is 10.6 Å². The van der Waals surface area contributed by atoms with Gasteiger partial charge in [0.25, 0.3) is 11.8 Å². The number of benzene rings is 2. The molecule has 4 rings (SSSR count). The quantitative estimate of drug-likeness (QED) is 0.745. The predicted molar refractivity (Wildman–Crippen MR) is 105 cm³/mol. The summed E-state index contributed by atoms with van der Waals surface area (Å²) in [4.78, 5) is 24.7. The van der Waals surface area contributed by atoms with E-state index in [9.17, 15) is 9.59 Å². The minimum Gasteiger partial charge on any atom is -0.368 e. The number of rotatable bonds is 4. The maximum absolute atomic E-state index is 12.7. The topological polar surface area (TPSA) is 72.4 Å². The Labute approximate surface area is 157 Å². The number of aryl methyl sites for hydroxylation is 1. The minimum atomic E-state index is -0.365. The molecule has 0 spiro atoms. The van der Waals surface area contributed by atoms with Crippen molar-refractivity contribution in [2.24, 2.45) is 7.05 Å². The summed E-state index contributed by atoms with van der Waals surface area (Å²) < 4.78 is 7.32. The van der Waals surface area contributed by atoms with Gasteiger partial charge in [0.2, 0.25) is 0 Å². The van der Waals surface area contributed by atoms with Crippen molar-refractivity contribution in [2.45, 2.75) is 18.9 Å². The molecule has 1 fully saturated rings. The average molecular weight is 363 g/mol. The summed E-state index contributed by atoms with van der Waals surface area (Å²) in [6.45, 7) is 0.636. The molecule has 6 heteroatoms. The molecule has 2 aromatic carbocycles. The first kappa shape index (κ1) is 17.3. The lowest BCUT2D eigenvalue weighted by Gasteiger charge is -2.11. The third-order valence-electron chi connectivity index (χ3n) is 4.77. The first-order chi connectivity index (χ1) is 13.1. The Bertz CT molecular complexity index is 986. The molecule has 1 unspecified atom stereocenters. The monoisotopic (exact) mass is 363 g/mol. The molecule has 0 bridgehead atoms. The number of nitrogens with one attached hydrogen (secondary N) is 2. The Hall–Kier alpha value is -3.12. The number of fused-ring (bicyclic) bond motifs is 1. The van der Waals surface area contributed by atoms with Crippen LogP contribution in [0.2, 0.25) is 0 Å². The van der Waals surface area contributed by atoms with Crippen LogP contribution in [0.3, 0.4) is 0 Å². The van der Waals surface area contributed by atoms with Gasteiger partial charge in [-0.3, -0.25) is 9.59 Å². The maximum atomic E-state index is 12.7. The van der Waals surface area contributed by atoms with Crippen LogP contribution in [0.25, 0.3) is 10.9 Å². The van der Waals surface area contributed by atoms with Crippen LogP contribution in [0.4, 0.5) is 11.4 Å². The van der Waals surface area contributed by atoms with E-state index in [-0.39, 0.29) is 17.9 Å². The zero-order valence-corrected chi connectivity index (χ0v) is 15.1. The van der Waals surface area contributed by atoms with Crippen LogP contribution in [0.5, 0.6) is 0 Å². The Morgan fingerprint density at radius 1 is 1.04 bits per heavy atom. The van der Waals surface area contributed by atoms with Crippen molar-refractivity contribution in [1.82, 2.24) is 4.57 Å². The number of anilines is 2. The SMILES string of the molecule is Cn1cc(C(=O)Nc2ccc(NC(=O)C3CCCO3)cc2)c2ccccc21. The second-order valence-corrected chi connectivity index (χ2v) is 6.69. The molecule has 1 aliphatic heterocycles. The maximum Gasteiger partial charge on any atom is 0.257 e. The first-order valence-corrected chi connectivity index (χ1v) is 9.00. The lowest BCUT2D eigenvalue weighted by Crippen LogP contribution is -2.26. The van der Waals surface area contributed by atoms with E-state index in [1.807, 2.05) is 42.1 Å². The van der Waals surface area contributed by atoms with Gasteiger partial charge in [-0.1, -0.05) is 18.2 Å². The summed E-state index contributed by atoms with van der Waals surface area (Å²) in [6.07, 6.45) is 3.13. The molecule has 1 aliphatic rings. The van der Waals surface area contributed by atoms with Crippen LogP contribution in [0.1, 0.15) is 23.2 Å².